The molecule has 0 unspecified atom stereocenters. The molecule has 0 fully saturated rings. The number of benzene rings is 1. The second-order valence-electron chi connectivity index (χ2n) is 3.99. The van der Waals surface area contributed by atoms with Crippen LogP contribution < -0.4 is 16.4 Å². The largest absolute Gasteiger partial charge is 0.347 e. The molecule has 0 saturated heterocycles. The Morgan fingerprint density at radius 2 is 2.11 bits per heavy atom. The van der Waals surface area contributed by atoms with Gasteiger partial charge in [0.1, 0.15) is 0 Å². The molecule has 0 aliphatic heterocycles. The van der Waals surface area contributed by atoms with Gasteiger partial charge in [0.15, 0.2) is 0 Å². The normalized spacial score (nSPS) is 9.21. The van der Waals surface area contributed by atoms with E-state index < -0.39 is 0 Å². The van der Waals surface area contributed by atoms with Gasteiger partial charge < -0.3 is 16.4 Å². The Balaban J connectivity index is 2.68. The zero-order valence-corrected chi connectivity index (χ0v) is 11.0. The lowest BCUT2D eigenvalue weighted by atomic mass is 10.1. The Bertz CT molecular complexity index is 541. The van der Waals surface area contributed by atoms with Gasteiger partial charge in [0, 0.05) is 18.2 Å². The van der Waals surface area contributed by atoms with Crippen LogP contribution in [-0.2, 0) is 9.59 Å². The van der Waals surface area contributed by atoms with Gasteiger partial charge in [0.25, 0.3) is 0 Å². The second-order valence-corrected chi connectivity index (χ2v) is 3.99. The summed E-state index contributed by atoms with van der Waals surface area (Å²) in [4.78, 5) is 22.2. The molecule has 0 aromatic heterocycles. The SMILES string of the molecule is CC(=O)NCC(=O)Nc1ccc(C#CCN)c(C)c1. The van der Waals surface area contributed by atoms with Crippen molar-refractivity contribution in [2.45, 2.75) is 13.8 Å². The fraction of sp³-hybridized carbons (Fsp3) is 0.286. The topological polar surface area (TPSA) is 84.2 Å². The maximum Gasteiger partial charge on any atom is 0.243 e. The van der Waals surface area contributed by atoms with Gasteiger partial charge >= 0.3 is 0 Å². The summed E-state index contributed by atoms with van der Waals surface area (Å²) >= 11 is 0. The van der Waals surface area contributed by atoms with Crippen molar-refractivity contribution in [1.29, 1.82) is 0 Å². The smallest absolute Gasteiger partial charge is 0.243 e. The summed E-state index contributed by atoms with van der Waals surface area (Å²) in [5.41, 5.74) is 7.82. The first-order valence-electron chi connectivity index (χ1n) is 5.87. The fourth-order valence-electron chi connectivity index (χ4n) is 1.44. The molecule has 4 N–H and O–H groups in total. The Kier molecular flexibility index (Phi) is 5.58. The molecule has 0 saturated carbocycles. The third kappa shape index (κ3) is 5.23. The molecular formula is C14H17N3O2. The Morgan fingerprint density at radius 3 is 2.68 bits per heavy atom. The summed E-state index contributed by atoms with van der Waals surface area (Å²) < 4.78 is 0. The zero-order chi connectivity index (χ0) is 14.3. The quantitative estimate of drug-likeness (QED) is 0.686. The van der Waals surface area contributed by atoms with Crippen LogP contribution in [0.5, 0.6) is 0 Å². The van der Waals surface area contributed by atoms with Crippen LogP contribution in [0.2, 0.25) is 0 Å². The zero-order valence-electron chi connectivity index (χ0n) is 11.0. The van der Waals surface area contributed by atoms with Gasteiger partial charge in [-0.15, -0.1) is 0 Å². The van der Waals surface area contributed by atoms with E-state index in [1.807, 2.05) is 19.1 Å². The molecule has 0 atom stereocenters. The van der Waals surface area contributed by atoms with Crippen molar-refractivity contribution >= 4 is 17.5 Å². The van der Waals surface area contributed by atoms with Crippen LogP contribution in [0.1, 0.15) is 18.1 Å². The molecule has 5 nitrogen and oxygen atoms in total. The summed E-state index contributed by atoms with van der Waals surface area (Å²) in [6, 6.07) is 5.41. The van der Waals surface area contributed by atoms with Gasteiger partial charge in [-0.05, 0) is 30.7 Å². The molecule has 1 aromatic rings. The number of rotatable bonds is 3. The van der Waals surface area contributed by atoms with Crippen LogP contribution in [0.15, 0.2) is 18.2 Å². The van der Waals surface area contributed by atoms with Gasteiger partial charge in [-0.3, -0.25) is 9.59 Å². The molecule has 1 aromatic carbocycles. The first kappa shape index (κ1) is 14.7. The van der Waals surface area contributed by atoms with Crippen molar-refractivity contribution in [3.63, 3.8) is 0 Å². The third-order valence-corrected chi connectivity index (χ3v) is 2.33. The van der Waals surface area contributed by atoms with Crippen molar-refractivity contribution in [2.75, 3.05) is 18.4 Å². The molecular weight excluding hydrogens is 242 g/mol. The van der Waals surface area contributed by atoms with Crippen LogP contribution in [0.4, 0.5) is 5.69 Å². The number of anilines is 1. The highest BCUT2D eigenvalue weighted by Crippen LogP contribution is 2.14. The molecule has 0 spiro atoms. The van der Waals surface area contributed by atoms with Gasteiger partial charge in [-0.1, -0.05) is 11.8 Å². The molecule has 0 aliphatic rings. The van der Waals surface area contributed by atoms with E-state index in [2.05, 4.69) is 22.5 Å². The first-order chi connectivity index (χ1) is 9.02. The van der Waals surface area contributed by atoms with Crippen molar-refractivity contribution in [2.24, 2.45) is 5.73 Å². The average Bonchev–Trinajstić information content (AvgIpc) is 2.35. The molecule has 0 heterocycles. The predicted octanol–water partition coefficient (Wildman–Crippen LogP) is 0.380. The molecule has 0 aliphatic carbocycles. The highest BCUT2D eigenvalue weighted by atomic mass is 16.2. The lowest BCUT2D eigenvalue weighted by Gasteiger charge is -2.07. The molecule has 0 bridgehead atoms. The molecule has 100 valence electrons. The maximum absolute atomic E-state index is 11.5. The lowest BCUT2D eigenvalue weighted by molar-refractivity contribution is -0.122. The van der Waals surface area contributed by atoms with Crippen LogP contribution in [0.3, 0.4) is 0 Å². The number of nitrogens with two attached hydrogens (primary N) is 1. The molecule has 5 heteroatoms. The van der Waals surface area contributed by atoms with Crippen molar-refractivity contribution in [3.05, 3.63) is 29.3 Å². The number of carbonyl (C=O) groups is 2. The van der Waals surface area contributed by atoms with Crippen LogP contribution >= 0.6 is 0 Å². The van der Waals surface area contributed by atoms with E-state index >= 15 is 0 Å². The summed E-state index contributed by atoms with van der Waals surface area (Å²) in [6.07, 6.45) is 0. The predicted molar refractivity (Wildman–Crippen MR) is 74.4 cm³/mol. The van der Waals surface area contributed by atoms with E-state index in [4.69, 9.17) is 5.73 Å². The summed E-state index contributed by atoms with van der Waals surface area (Å²) in [6.45, 7) is 3.55. The Labute approximate surface area is 112 Å². The summed E-state index contributed by atoms with van der Waals surface area (Å²) in [7, 11) is 0. The van der Waals surface area contributed by atoms with Gasteiger partial charge in [-0.2, -0.15) is 0 Å². The monoisotopic (exact) mass is 259 g/mol. The van der Waals surface area contributed by atoms with Gasteiger partial charge in [0.2, 0.25) is 11.8 Å². The number of aryl methyl sites for hydroxylation is 1. The van der Waals surface area contributed by atoms with E-state index in [1.54, 1.807) is 6.07 Å². The number of hydrogen-bond acceptors (Lipinski definition) is 3. The third-order valence-electron chi connectivity index (χ3n) is 2.33. The van der Waals surface area contributed by atoms with Crippen molar-refractivity contribution in [1.82, 2.24) is 5.32 Å². The molecule has 2 amide bonds. The first-order valence-corrected chi connectivity index (χ1v) is 5.87. The minimum Gasteiger partial charge on any atom is -0.347 e. The standard InChI is InChI=1S/C14H17N3O2/c1-10-8-13(6-5-12(10)4-3-7-15)17-14(19)9-16-11(2)18/h5-6,8H,7,9,15H2,1-2H3,(H,16,18)(H,17,19). The van der Waals surface area contributed by atoms with E-state index in [1.165, 1.54) is 6.92 Å². The highest BCUT2D eigenvalue weighted by molar-refractivity contribution is 5.94. The number of hydrogen-bond donors (Lipinski definition) is 3. The molecule has 19 heavy (non-hydrogen) atoms. The lowest BCUT2D eigenvalue weighted by Crippen LogP contribution is -2.31. The van der Waals surface area contributed by atoms with Crippen LogP contribution in [0.25, 0.3) is 0 Å². The fourth-order valence-corrected chi connectivity index (χ4v) is 1.44. The minimum absolute atomic E-state index is 0.0386. The number of nitrogens with one attached hydrogen (secondary N) is 2. The van der Waals surface area contributed by atoms with E-state index in [0.29, 0.717) is 12.2 Å². The maximum atomic E-state index is 11.5. The van der Waals surface area contributed by atoms with Crippen molar-refractivity contribution < 1.29 is 9.59 Å². The van der Waals surface area contributed by atoms with Gasteiger partial charge in [0.05, 0.1) is 13.1 Å². The number of amides is 2. The molecule has 0 radical (unpaired) electrons. The summed E-state index contributed by atoms with van der Waals surface area (Å²) in [5.74, 6) is 5.22. The van der Waals surface area contributed by atoms with E-state index in [-0.39, 0.29) is 18.4 Å². The van der Waals surface area contributed by atoms with Gasteiger partial charge in [-0.25, -0.2) is 0 Å². The van der Waals surface area contributed by atoms with E-state index in [9.17, 15) is 9.59 Å². The average molecular weight is 259 g/mol. The number of carbonyl (C=O) groups excluding carboxylic acids is 2. The highest BCUT2D eigenvalue weighted by Gasteiger charge is 2.04. The Hall–Kier alpha value is -2.32. The minimum atomic E-state index is -0.268. The summed E-state index contributed by atoms with van der Waals surface area (Å²) in [5, 5.41) is 5.13. The second kappa shape index (κ2) is 7.19. The van der Waals surface area contributed by atoms with Crippen molar-refractivity contribution in [3.8, 4) is 11.8 Å². The Morgan fingerprint density at radius 1 is 1.37 bits per heavy atom. The van der Waals surface area contributed by atoms with Crippen LogP contribution in [0, 0.1) is 18.8 Å². The molecule has 1 rings (SSSR count). The van der Waals surface area contributed by atoms with Crippen LogP contribution in [-0.4, -0.2) is 24.9 Å². The van der Waals surface area contributed by atoms with E-state index in [0.717, 1.165) is 11.1 Å².